The molecule has 8 nitrogen and oxygen atoms in total. The van der Waals surface area contributed by atoms with Crippen molar-refractivity contribution in [3.63, 3.8) is 0 Å². The number of aryl methyl sites for hydroxylation is 1. The van der Waals surface area contributed by atoms with Crippen LogP contribution in [0.15, 0.2) is 22.5 Å². The third-order valence-corrected chi connectivity index (χ3v) is 4.59. The molecule has 0 unspecified atom stereocenters. The molecule has 0 aliphatic rings. The molecule has 2 aromatic rings. The van der Waals surface area contributed by atoms with E-state index in [1.807, 2.05) is 13.0 Å². The van der Waals surface area contributed by atoms with Crippen LogP contribution in [0, 0.1) is 6.92 Å². The first-order valence-electron chi connectivity index (χ1n) is 6.80. The van der Waals surface area contributed by atoms with Gasteiger partial charge in [-0.2, -0.15) is 0 Å². The summed E-state index contributed by atoms with van der Waals surface area (Å²) >= 11 is 2.33. The van der Waals surface area contributed by atoms with Gasteiger partial charge < -0.3 is 20.5 Å². The second kappa shape index (κ2) is 8.50. The molecule has 0 saturated carbocycles. The number of thioether (sulfide) groups is 1. The topological polar surface area (TPSA) is 116 Å². The molecule has 0 fully saturated rings. The van der Waals surface area contributed by atoms with Gasteiger partial charge in [0.1, 0.15) is 5.75 Å². The number of nitrogens with two attached hydrogens (primary N) is 1. The van der Waals surface area contributed by atoms with Gasteiger partial charge in [0, 0.05) is 0 Å². The first-order valence-corrected chi connectivity index (χ1v) is 8.60. The predicted molar refractivity (Wildman–Crippen MR) is 92.4 cm³/mol. The molecule has 0 aliphatic heterocycles. The number of aromatic nitrogens is 2. The fraction of sp³-hybridized carbons (Fsp3) is 0.286. The fourth-order valence-electron chi connectivity index (χ4n) is 1.69. The van der Waals surface area contributed by atoms with Gasteiger partial charge in [-0.1, -0.05) is 29.2 Å². The van der Waals surface area contributed by atoms with Gasteiger partial charge >= 0.3 is 5.97 Å². The average Bonchev–Trinajstić information content (AvgIpc) is 2.97. The summed E-state index contributed by atoms with van der Waals surface area (Å²) in [5, 5.41) is 10.4. The molecule has 1 aromatic heterocycles. The van der Waals surface area contributed by atoms with Crippen LogP contribution >= 0.6 is 23.1 Å². The molecule has 0 bridgehead atoms. The zero-order chi connectivity index (χ0) is 17.5. The summed E-state index contributed by atoms with van der Waals surface area (Å²) < 4.78 is 10.7. The molecule has 0 atom stereocenters. The minimum absolute atomic E-state index is 0.0235. The van der Waals surface area contributed by atoms with E-state index in [0.29, 0.717) is 20.9 Å². The van der Waals surface area contributed by atoms with Gasteiger partial charge in [0.25, 0.3) is 5.91 Å². The Hall–Kier alpha value is -2.33. The maximum Gasteiger partial charge on any atom is 0.316 e. The molecule has 2 rings (SSSR count). The van der Waals surface area contributed by atoms with Gasteiger partial charge in [-0.3, -0.25) is 9.59 Å². The number of ether oxygens (including phenoxy) is 2. The summed E-state index contributed by atoms with van der Waals surface area (Å²) in [6, 6.07) is 5.39. The number of esters is 1. The van der Waals surface area contributed by atoms with E-state index < -0.39 is 11.9 Å². The van der Waals surface area contributed by atoms with Crippen LogP contribution in [0.5, 0.6) is 5.75 Å². The SMILES string of the molecule is COc1ccc(C)cc1NC(=O)COC(=O)CSc1nnc(N)s1. The highest BCUT2D eigenvalue weighted by Gasteiger charge is 2.12. The Morgan fingerprint density at radius 3 is 2.83 bits per heavy atom. The highest BCUT2D eigenvalue weighted by atomic mass is 32.2. The summed E-state index contributed by atoms with van der Waals surface area (Å²) in [6.07, 6.45) is 0. The molecule has 0 spiro atoms. The van der Waals surface area contributed by atoms with Crippen LogP contribution in [0.2, 0.25) is 0 Å². The summed E-state index contributed by atoms with van der Waals surface area (Å²) in [4.78, 5) is 23.5. The van der Waals surface area contributed by atoms with E-state index in [-0.39, 0.29) is 12.4 Å². The third kappa shape index (κ3) is 5.39. The van der Waals surface area contributed by atoms with Crippen LogP contribution in [0.4, 0.5) is 10.8 Å². The Kier molecular flexibility index (Phi) is 6.38. The number of methoxy groups -OCH3 is 1. The molecular weight excluding hydrogens is 352 g/mol. The van der Waals surface area contributed by atoms with E-state index in [4.69, 9.17) is 15.2 Å². The molecule has 1 aromatic carbocycles. The number of hydrogen-bond donors (Lipinski definition) is 2. The second-order valence-electron chi connectivity index (χ2n) is 4.61. The van der Waals surface area contributed by atoms with Crippen molar-refractivity contribution in [2.24, 2.45) is 0 Å². The molecule has 0 radical (unpaired) electrons. The number of amides is 1. The van der Waals surface area contributed by atoms with Crippen molar-refractivity contribution in [2.45, 2.75) is 11.3 Å². The monoisotopic (exact) mass is 368 g/mol. The van der Waals surface area contributed by atoms with E-state index in [1.54, 1.807) is 12.1 Å². The lowest BCUT2D eigenvalue weighted by molar-refractivity contribution is -0.144. The van der Waals surface area contributed by atoms with E-state index >= 15 is 0 Å². The average molecular weight is 368 g/mol. The molecule has 0 saturated heterocycles. The largest absolute Gasteiger partial charge is 0.495 e. The Bertz CT molecular complexity index is 735. The quantitative estimate of drug-likeness (QED) is 0.560. The number of nitrogen functional groups attached to an aromatic ring is 1. The Labute approximate surface area is 146 Å². The van der Waals surface area contributed by atoms with Gasteiger partial charge in [0.15, 0.2) is 10.9 Å². The summed E-state index contributed by atoms with van der Waals surface area (Å²) in [5.41, 5.74) is 6.94. The van der Waals surface area contributed by atoms with Crippen molar-refractivity contribution in [3.05, 3.63) is 23.8 Å². The Morgan fingerprint density at radius 1 is 1.38 bits per heavy atom. The van der Waals surface area contributed by atoms with Crippen LogP contribution in [0.25, 0.3) is 0 Å². The zero-order valence-electron chi connectivity index (χ0n) is 13.1. The summed E-state index contributed by atoms with van der Waals surface area (Å²) in [6.45, 7) is 1.52. The van der Waals surface area contributed by atoms with Crippen molar-refractivity contribution < 1.29 is 19.1 Å². The van der Waals surface area contributed by atoms with Crippen LogP contribution < -0.4 is 15.8 Å². The summed E-state index contributed by atoms with van der Waals surface area (Å²) in [7, 11) is 1.51. The number of rotatable bonds is 7. The zero-order valence-corrected chi connectivity index (χ0v) is 14.7. The van der Waals surface area contributed by atoms with Gasteiger partial charge in [0.05, 0.1) is 18.6 Å². The number of hydrogen-bond acceptors (Lipinski definition) is 9. The minimum atomic E-state index is -0.528. The first kappa shape index (κ1) is 18.0. The first-order chi connectivity index (χ1) is 11.5. The standard InChI is InChI=1S/C14H16N4O4S2/c1-8-3-4-10(21-2)9(5-8)16-11(19)6-22-12(20)7-23-14-18-17-13(15)24-14/h3-5H,6-7H2,1-2H3,(H2,15,17)(H,16,19). The number of anilines is 2. The van der Waals surface area contributed by atoms with Crippen molar-refractivity contribution in [3.8, 4) is 5.75 Å². The number of carbonyl (C=O) groups is 2. The maximum absolute atomic E-state index is 11.9. The highest BCUT2D eigenvalue weighted by Crippen LogP contribution is 2.25. The van der Waals surface area contributed by atoms with Gasteiger partial charge in [-0.05, 0) is 24.6 Å². The van der Waals surface area contributed by atoms with Crippen molar-refractivity contribution in [1.82, 2.24) is 10.2 Å². The van der Waals surface area contributed by atoms with Crippen molar-refractivity contribution >= 4 is 45.8 Å². The van der Waals surface area contributed by atoms with Crippen molar-refractivity contribution in [1.29, 1.82) is 0 Å². The molecule has 10 heteroatoms. The summed E-state index contributed by atoms with van der Waals surface area (Å²) in [5.74, 6) is -0.419. The highest BCUT2D eigenvalue weighted by molar-refractivity contribution is 8.01. The van der Waals surface area contributed by atoms with E-state index in [2.05, 4.69) is 15.5 Å². The van der Waals surface area contributed by atoms with Crippen LogP contribution in [0.1, 0.15) is 5.56 Å². The van der Waals surface area contributed by atoms with Crippen LogP contribution in [0.3, 0.4) is 0 Å². The molecule has 1 heterocycles. The number of carbonyl (C=O) groups excluding carboxylic acids is 2. The minimum Gasteiger partial charge on any atom is -0.495 e. The molecule has 128 valence electrons. The van der Waals surface area contributed by atoms with Gasteiger partial charge in [0.2, 0.25) is 5.13 Å². The molecule has 24 heavy (non-hydrogen) atoms. The lowest BCUT2D eigenvalue weighted by atomic mass is 10.2. The molecule has 0 aliphatic carbocycles. The van der Waals surface area contributed by atoms with E-state index in [9.17, 15) is 9.59 Å². The third-order valence-electron chi connectivity index (χ3n) is 2.73. The maximum atomic E-state index is 11.9. The number of benzene rings is 1. The lowest BCUT2D eigenvalue weighted by Gasteiger charge is -2.11. The van der Waals surface area contributed by atoms with Crippen LogP contribution in [-0.4, -0.2) is 41.5 Å². The Balaban J connectivity index is 1.78. The molecule has 1 amide bonds. The molecular formula is C14H16N4O4S2. The van der Waals surface area contributed by atoms with E-state index in [0.717, 1.165) is 17.3 Å². The second-order valence-corrected chi connectivity index (χ2v) is 6.84. The lowest BCUT2D eigenvalue weighted by Crippen LogP contribution is -2.22. The normalized spacial score (nSPS) is 10.2. The van der Waals surface area contributed by atoms with E-state index in [1.165, 1.54) is 18.4 Å². The van der Waals surface area contributed by atoms with Gasteiger partial charge in [-0.25, -0.2) is 0 Å². The number of nitrogens with one attached hydrogen (secondary N) is 1. The smallest absolute Gasteiger partial charge is 0.316 e. The Morgan fingerprint density at radius 2 is 2.17 bits per heavy atom. The predicted octanol–water partition coefficient (Wildman–Crippen LogP) is 1.71. The molecule has 3 N–H and O–H groups in total. The number of nitrogens with zero attached hydrogens (tertiary/aromatic N) is 2. The fourth-order valence-corrected chi connectivity index (χ4v) is 3.13. The van der Waals surface area contributed by atoms with Crippen LogP contribution in [-0.2, 0) is 14.3 Å². The van der Waals surface area contributed by atoms with Crippen molar-refractivity contribution in [2.75, 3.05) is 30.5 Å². The van der Waals surface area contributed by atoms with Gasteiger partial charge in [-0.15, -0.1) is 10.2 Å².